The lowest BCUT2D eigenvalue weighted by Crippen LogP contribution is -2.19. The van der Waals surface area contributed by atoms with Crippen LogP contribution in [-0.2, 0) is 6.54 Å². The zero-order valence-electron chi connectivity index (χ0n) is 13.1. The van der Waals surface area contributed by atoms with Crippen molar-refractivity contribution in [1.82, 2.24) is 5.32 Å². The van der Waals surface area contributed by atoms with Crippen molar-refractivity contribution in [3.8, 4) is 5.75 Å². The molecule has 0 aliphatic heterocycles. The van der Waals surface area contributed by atoms with E-state index in [1.54, 1.807) is 0 Å². The lowest BCUT2D eigenvalue weighted by molar-refractivity contribution is 0.265. The second-order valence-electron chi connectivity index (χ2n) is 5.77. The molecule has 3 heteroatoms. The molecule has 0 radical (unpaired) electrons. The van der Waals surface area contributed by atoms with E-state index in [-0.39, 0.29) is 6.61 Å². The van der Waals surface area contributed by atoms with Gasteiger partial charge in [-0.3, -0.25) is 0 Å². The monoisotopic (exact) mass is 279 g/mol. The summed E-state index contributed by atoms with van der Waals surface area (Å²) in [5, 5.41) is 12.2. The van der Waals surface area contributed by atoms with Gasteiger partial charge in [0.15, 0.2) is 0 Å². The molecule has 1 rings (SSSR count). The van der Waals surface area contributed by atoms with E-state index in [1.165, 1.54) is 11.1 Å². The molecule has 20 heavy (non-hydrogen) atoms. The molecule has 1 aromatic carbocycles. The summed E-state index contributed by atoms with van der Waals surface area (Å²) < 4.78 is 5.87. The van der Waals surface area contributed by atoms with Crippen LogP contribution in [0.15, 0.2) is 18.2 Å². The van der Waals surface area contributed by atoms with Crippen molar-refractivity contribution < 1.29 is 9.84 Å². The van der Waals surface area contributed by atoms with Crippen molar-refractivity contribution in [3.05, 3.63) is 29.3 Å². The fourth-order valence-corrected chi connectivity index (χ4v) is 2.06. The second kappa shape index (κ2) is 9.78. The lowest BCUT2D eigenvalue weighted by Gasteiger charge is -2.14. The maximum atomic E-state index is 8.75. The number of hydrogen-bond acceptors (Lipinski definition) is 3. The molecule has 1 aromatic rings. The van der Waals surface area contributed by atoms with Gasteiger partial charge in [-0.05, 0) is 44.7 Å². The minimum atomic E-state index is 0.273. The maximum absolute atomic E-state index is 8.75. The van der Waals surface area contributed by atoms with E-state index >= 15 is 0 Å². The summed E-state index contributed by atoms with van der Waals surface area (Å²) in [4.78, 5) is 0. The van der Waals surface area contributed by atoms with Crippen LogP contribution in [-0.4, -0.2) is 24.9 Å². The molecule has 0 bridgehead atoms. The van der Waals surface area contributed by atoms with E-state index in [0.717, 1.165) is 44.7 Å². The van der Waals surface area contributed by atoms with Crippen molar-refractivity contribution in [1.29, 1.82) is 0 Å². The molecule has 2 N–H and O–H groups in total. The lowest BCUT2D eigenvalue weighted by atomic mass is 10.1. The Balaban J connectivity index is 2.47. The number of benzene rings is 1. The van der Waals surface area contributed by atoms with Gasteiger partial charge in [0, 0.05) is 18.7 Å². The van der Waals surface area contributed by atoms with Crippen molar-refractivity contribution in [2.45, 2.75) is 46.6 Å². The predicted octanol–water partition coefficient (Wildman–Crippen LogP) is 3.28. The van der Waals surface area contributed by atoms with Crippen LogP contribution in [0.3, 0.4) is 0 Å². The van der Waals surface area contributed by atoms with Gasteiger partial charge in [0.25, 0.3) is 0 Å². The average molecular weight is 279 g/mol. The molecule has 0 aromatic heterocycles. The van der Waals surface area contributed by atoms with E-state index in [4.69, 9.17) is 9.84 Å². The first kappa shape index (κ1) is 17.0. The summed E-state index contributed by atoms with van der Waals surface area (Å²) in [5.41, 5.74) is 2.49. The van der Waals surface area contributed by atoms with Gasteiger partial charge in [-0.15, -0.1) is 0 Å². The normalized spacial score (nSPS) is 11.1. The summed E-state index contributed by atoms with van der Waals surface area (Å²) >= 11 is 0. The Bertz CT molecular complexity index is 377. The van der Waals surface area contributed by atoms with Crippen molar-refractivity contribution in [3.63, 3.8) is 0 Å². The Morgan fingerprint density at radius 3 is 2.70 bits per heavy atom. The minimum absolute atomic E-state index is 0.273. The van der Waals surface area contributed by atoms with Gasteiger partial charge in [-0.1, -0.05) is 31.5 Å². The first-order chi connectivity index (χ1) is 9.63. The number of aliphatic hydroxyl groups excluding tert-OH is 1. The van der Waals surface area contributed by atoms with E-state index in [9.17, 15) is 0 Å². The van der Waals surface area contributed by atoms with Crippen LogP contribution < -0.4 is 10.1 Å². The van der Waals surface area contributed by atoms with Gasteiger partial charge < -0.3 is 15.2 Å². The summed E-state index contributed by atoms with van der Waals surface area (Å²) in [7, 11) is 0. The molecule has 0 saturated heterocycles. The first-order valence-corrected chi connectivity index (χ1v) is 7.67. The standard InChI is InChI=1S/C17H29NO2/c1-14(2)12-18-13-16-11-15(3)7-8-17(16)20-10-6-4-5-9-19/h7-8,11,14,18-19H,4-6,9-10,12-13H2,1-3H3. The van der Waals surface area contributed by atoms with Crippen LogP contribution in [0.5, 0.6) is 5.75 Å². The van der Waals surface area contributed by atoms with Crippen molar-refractivity contribution >= 4 is 0 Å². The summed E-state index contributed by atoms with van der Waals surface area (Å²) in [6, 6.07) is 6.35. The predicted molar refractivity (Wildman–Crippen MR) is 84.2 cm³/mol. The molecule has 0 spiro atoms. The number of rotatable bonds is 10. The molecule has 0 aliphatic carbocycles. The van der Waals surface area contributed by atoms with Gasteiger partial charge in [-0.25, -0.2) is 0 Å². The molecule has 0 unspecified atom stereocenters. The third kappa shape index (κ3) is 6.92. The van der Waals surface area contributed by atoms with Gasteiger partial charge in [0.2, 0.25) is 0 Å². The highest BCUT2D eigenvalue weighted by molar-refractivity contribution is 5.36. The summed E-state index contributed by atoms with van der Waals surface area (Å²) in [6.45, 7) is 9.39. The smallest absolute Gasteiger partial charge is 0.123 e. The van der Waals surface area contributed by atoms with Crippen LogP contribution in [0.4, 0.5) is 0 Å². The molecule has 0 fully saturated rings. The van der Waals surface area contributed by atoms with Crippen LogP contribution in [0.2, 0.25) is 0 Å². The van der Waals surface area contributed by atoms with Gasteiger partial charge in [0.1, 0.15) is 5.75 Å². The molecule has 0 amide bonds. The van der Waals surface area contributed by atoms with Crippen LogP contribution in [0.25, 0.3) is 0 Å². The van der Waals surface area contributed by atoms with Crippen molar-refractivity contribution in [2.24, 2.45) is 5.92 Å². The Morgan fingerprint density at radius 2 is 2.00 bits per heavy atom. The number of ether oxygens (including phenoxy) is 1. The van der Waals surface area contributed by atoms with Crippen LogP contribution in [0.1, 0.15) is 44.2 Å². The van der Waals surface area contributed by atoms with E-state index in [1.807, 2.05) is 0 Å². The highest BCUT2D eigenvalue weighted by atomic mass is 16.5. The molecular weight excluding hydrogens is 250 g/mol. The number of aliphatic hydroxyl groups is 1. The zero-order chi connectivity index (χ0) is 14.8. The number of nitrogens with one attached hydrogen (secondary N) is 1. The summed E-state index contributed by atoms with van der Waals surface area (Å²) in [6.07, 6.45) is 2.87. The maximum Gasteiger partial charge on any atom is 0.123 e. The third-order valence-corrected chi connectivity index (χ3v) is 3.14. The quantitative estimate of drug-likeness (QED) is 0.646. The molecule has 0 heterocycles. The minimum Gasteiger partial charge on any atom is -0.493 e. The number of unbranched alkanes of at least 4 members (excludes halogenated alkanes) is 2. The van der Waals surface area contributed by atoms with Crippen LogP contribution in [0, 0.1) is 12.8 Å². The van der Waals surface area contributed by atoms with Crippen LogP contribution >= 0.6 is 0 Å². The second-order valence-corrected chi connectivity index (χ2v) is 5.77. The Hall–Kier alpha value is -1.06. The van der Waals surface area contributed by atoms with Gasteiger partial charge in [0.05, 0.1) is 6.61 Å². The summed E-state index contributed by atoms with van der Waals surface area (Å²) in [5.74, 6) is 1.64. The Labute approximate surface area is 123 Å². The van der Waals surface area contributed by atoms with Crippen molar-refractivity contribution in [2.75, 3.05) is 19.8 Å². The molecule has 0 saturated carbocycles. The SMILES string of the molecule is Cc1ccc(OCCCCCO)c(CNCC(C)C)c1. The largest absolute Gasteiger partial charge is 0.493 e. The number of hydrogen-bond donors (Lipinski definition) is 2. The van der Waals surface area contributed by atoms with Gasteiger partial charge in [-0.2, -0.15) is 0 Å². The molecule has 114 valence electrons. The Morgan fingerprint density at radius 1 is 1.20 bits per heavy atom. The third-order valence-electron chi connectivity index (χ3n) is 3.14. The fraction of sp³-hybridized carbons (Fsp3) is 0.647. The highest BCUT2D eigenvalue weighted by Gasteiger charge is 2.04. The highest BCUT2D eigenvalue weighted by Crippen LogP contribution is 2.20. The van der Waals surface area contributed by atoms with E-state index < -0.39 is 0 Å². The number of aryl methyl sites for hydroxylation is 1. The fourth-order valence-electron chi connectivity index (χ4n) is 2.06. The Kier molecular flexibility index (Phi) is 8.31. The topological polar surface area (TPSA) is 41.5 Å². The molecule has 3 nitrogen and oxygen atoms in total. The molecule has 0 aliphatic rings. The zero-order valence-corrected chi connectivity index (χ0v) is 13.1. The first-order valence-electron chi connectivity index (χ1n) is 7.67. The van der Waals surface area contributed by atoms with Gasteiger partial charge >= 0.3 is 0 Å². The molecule has 0 atom stereocenters. The average Bonchev–Trinajstić information content (AvgIpc) is 2.40. The van der Waals surface area contributed by atoms with E-state index in [2.05, 4.69) is 44.3 Å². The molecular formula is C17H29NO2. The van der Waals surface area contributed by atoms with E-state index in [0.29, 0.717) is 5.92 Å².